The summed E-state index contributed by atoms with van der Waals surface area (Å²) in [6.45, 7) is 10.4. The molecule has 0 spiro atoms. The minimum absolute atomic E-state index is 0.0425. The number of halogens is 1. The summed E-state index contributed by atoms with van der Waals surface area (Å²) in [5, 5.41) is 0.583. The summed E-state index contributed by atoms with van der Waals surface area (Å²) < 4.78 is 0. The number of rotatable bonds is 1. The molecule has 0 bridgehead atoms. The predicted molar refractivity (Wildman–Crippen MR) is 59.8 cm³/mol. The normalized spacial score (nSPS) is 12.2. The Morgan fingerprint density at radius 3 is 2.21 bits per heavy atom. The standard InChI is InChI=1S/C11H17ClN2/c1-7(2)8-6-13-10(11(3,4)5)14-9(8)12/h6-7H,1-5H3. The topological polar surface area (TPSA) is 25.8 Å². The molecule has 2 nitrogen and oxygen atoms in total. The highest BCUT2D eigenvalue weighted by Crippen LogP contribution is 2.25. The van der Waals surface area contributed by atoms with Gasteiger partial charge in [0.1, 0.15) is 11.0 Å². The van der Waals surface area contributed by atoms with Crippen LogP contribution in [0.5, 0.6) is 0 Å². The second-order valence-electron chi connectivity index (χ2n) is 4.84. The lowest BCUT2D eigenvalue weighted by Crippen LogP contribution is -2.16. The SMILES string of the molecule is CC(C)c1cnc(C(C)(C)C)nc1Cl. The van der Waals surface area contributed by atoms with Crippen molar-refractivity contribution in [3.63, 3.8) is 0 Å². The summed E-state index contributed by atoms with van der Waals surface area (Å²) in [4.78, 5) is 8.66. The minimum Gasteiger partial charge on any atom is -0.240 e. The summed E-state index contributed by atoms with van der Waals surface area (Å²) in [6.07, 6.45) is 1.83. The lowest BCUT2D eigenvalue weighted by molar-refractivity contribution is 0.543. The highest BCUT2D eigenvalue weighted by molar-refractivity contribution is 6.30. The van der Waals surface area contributed by atoms with Crippen LogP contribution in [0.4, 0.5) is 0 Å². The third kappa shape index (κ3) is 2.44. The first kappa shape index (κ1) is 11.4. The first-order valence-corrected chi connectivity index (χ1v) is 5.23. The van der Waals surface area contributed by atoms with E-state index in [9.17, 15) is 0 Å². The van der Waals surface area contributed by atoms with Crippen LogP contribution >= 0.6 is 11.6 Å². The molecule has 1 rings (SSSR count). The van der Waals surface area contributed by atoms with E-state index >= 15 is 0 Å². The molecule has 14 heavy (non-hydrogen) atoms. The third-order valence-electron chi connectivity index (χ3n) is 2.06. The second-order valence-corrected chi connectivity index (χ2v) is 5.20. The maximum Gasteiger partial charge on any atom is 0.136 e. The van der Waals surface area contributed by atoms with E-state index in [1.807, 2.05) is 6.20 Å². The highest BCUT2D eigenvalue weighted by Gasteiger charge is 2.19. The highest BCUT2D eigenvalue weighted by atomic mass is 35.5. The van der Waals surface area contributed by atoms with Crippen LogP contribution in [0.3, 0.4) is 0 Å². The van der Waals surface area contributed by atoms with E-state index in [1.54, 1.807) is 0 Å². The summed E-state index contributed by atoms with van der Waals surface area (Å²) in [6, 6.07) is 0. The smallest absolute Gasteiger partial charge is 0.136 e. The lowest BCUT2D eigenvalue weighted by Gasteiger charge is -2.17. The van der Waals surface area contributed by atoms with Gasteiger partial charge in [-0.3, -0.25) is 0 Å². The van der Waals surface area contributed by atoms with Gasteiger partial charge in [-0.15, -0.1) is 0 Å². The maximum atomic E-state index is 6.08. The molecule has 0 aliphatic carbocycles. The van der Waals surface area contributed by atoms with Crippen LogP contribution in [-0.4, -0.2) is 9.97 Å². The third-order valence-corrected chi connectivity index (χ3v) is 2.36. The monoisotopic (exact) mass is 212 g/mol. The van der Waals surface area contributed by atoms with Crippen molar-refractivity contribution >= 4 is 11.6 Å². The van der Waals surface area contributed by atoms with Crippen molar-refractivity contribution in [1.82, 2.24) is 9.97 Å². The first-order valence-electron chi connectivity index (χ1n) is 4.85. The molecular weight excluding hydrogens is 196 g/mol. The maximum absolute atomic E-state index is 6.08. The summed E-state index contributed by atoms with van der Waals surface area (Å²) in [5.41, 5.74) is 0.971. The number of hydrogen-bond donors (Lipinski definition) is 0. The van der Waals surface area contributed by atoms with Gasteiger partial charge in [0.2, 0.25) is 0 Å². The van der Waals surface area contributed by atoms with E-state index in [4.69, 9.17) is 11.6 Å². The molecule has 1 aromatic heterocycles. The van der Waals surface area contributed by atoms with Gasteiger partial charge in [-0.1, -0.05) is 46.2 Å². The molecule has 1 aromatic rings. The average Bonchev–Trinajstić information content (AvgIpc) is 2.01. The lowest BCUT2D eigenvalue weighted by atomic mass is 9.95. The second kappa shape index (κ2) is 3.85. The molecule has 0 fully saturated rings. The Balaban J connectivity index is 3.13. The molecule has 3 heteroatoms. The van der Waals surface area contributed by atoms with Crippen LogP contribution in [0.25, 0.3) is 0 Å². The summed E-state index contributed by atoms with van der Waals surface area (Å²) in [5.74, 6) is 1.17. The van der Waals surface area contributed by atoms with Gasteiger partial charge in [-0.05, 0) is 5.92 Å². The quantitative estimate of drug-likeness (QED) is 0.666. The van der Waals surface area contributed by atoms with Crippen molar-refractivity contribution in [3.05, 3.63) is 22.7 Å². The van der Waals surface area contributed by atoms with Gasteiger partial charge in [0.25, 0.3) is 0 Å². The van der Waals surface area contributed by atoms with Crippen LogP contribution < -0.4 is 0 Å². The number of hydrogen-bond acceptors (Lipinski definition) is 2. The zero-order valence-electron chi connectivity index (χ0n) is 9.43. The van der Waals surface area contributed by atoms with Crippen molar-refractivity contribution in [3.8, 4) is 0 Å². The van der Waals surface area contributed by atoms with E-state index in [2.05, 4.69) is 44.6 Å². The van der Waals surface area contributed by atoms with Crippen LogP contribution in [0.1, 0.15) is 51.9 Å². The van der Waals surface area contributed by atoms with Gasteiger partial charge in [0, 0.05) is 17.2 Å². The fraction of sp³-hybridized carbons (Fsp3) is 0.636. The molecule has 0 aliphatic heterocycles. The molecule has 0 aliphatic rings. The van der Waals surface area contributed by atoms with Crippen molar-refractivity contribution in [2.24, 2.45) is 0 Å². The zero-order valence-corrected chi connectivity index (χ0v) is 10.2. The van der Waals surface area contributed by atoms with Gasteiger partial charge in [-0.25, -0.2) is 9.97 Å². The fourth-order valence-electron chi connectivity index (χ4n) is 1.12. The molecule has 0 radical (unpaired) electrons. The van der Waals surface area contributed by atoms with Crippen molar-refractivity contribution in [2.75, 3.05) is 0 Å². The average molecular weight is 213 g/mol. The Hall–Kier alpha value is -0.630. The van der Waals surface area contributed by atoms with Gasteiger partial charge >= 0.3 is 0 Å². The molecule has 78 valence electrons. The molecule has 0 saturated heterocycles. The zero-order chi connectivity index (χ0) is 10.9. The van der Waals surface area contributed by atoms with Gasteiger partial charge < -0.3 is 0 Å². The van der Waals surface area contributed by atoms with Crippen LogP contribution in [0.15, 0.2) is 6.20 Å². The van der Waals surface area contributed by atoms with Crippen molar-refractivity contribution < 1.29 is 0 Å². The molecule has 0 atom stereocenters. The van der Waals surface area contributed by atoms with Gasteiger partial charge in [0.05, 0.1) is 0 Å². The Labute approximate surface area is 90.7 Å². The van der Waals surface area contributed by atoms with Crippen molar-refractivity contribution in [1.29, 1.82) is 0 Å². The summed E-state index contributed by atoms with van der Waals surface area (Å²) >= 11 is 6.08. The van der Waals surface area contributed by atoms with E-state index in [-0.39, 0.29) is 5.41 Å². The Morgan fingerprint density at radius 1 is 1.29 bits per heavy atom. The predicted octanol–water partition coefficient (Wildman–Crippen LogP) is 3.55. The Kier molecular flexibility index (Phi) is 3.15. The molecule has 0 saturated carbocycles. The van der Waals surface area contributed by atoms with E-state index in [0.717, 1.165) is 11.4 Å². The van der Waals surface area contributed by atoms with E-state index < -0.39 is 0 Å². The molecule has 0 amide bonds. The first-order chi connectivity index (χ1) is 6.32. The Morgan fingerprint density at radius 2 is 1.86 bits per heavy atom. The molecule has 1 heterocycles. The van der Waals surface area contributed by atoms with Gasteiger partial charge in [-0.2, -0.15) is 0 Å². The largest absolute Gasteiger partial charge is 0.240 e. The molecule has 0 aromatic carbocycles. The van der Waals surface area contributed by atoms with E-state index in [0.29, 0.717) is 11.1 Å². The summed E-state index contributed by atoms with van der Waals surface area (Å²) in [7, 11) is 0. The van der Waals surface area contributed by atoms with Crippen LogP contribution in [-0.2, 0) is 5.41 Å². The number of nitrogens with zero attached hydrogens (tertiary/aromatic N) is 2. The fourth-order valence-corrected chi connectivity index (χ4v) is 1.47. The Bertz CT molecular complexity index is 327. The van der Waals surface area contributed by atoms with Gasteiger partial charge in [0.15, 0.2) is 0 Å². The van der Waals surface area contributed by atoms with Crippen molar-refractivity contribution in [2.45, 2.75) is 46.0 Å². The van der Waals surface area contributed by atoms with Crippen LogP contribution in [0, 0.1) is 0 Å². The molecule has 0 unspecified atom stereocenters. The molecule has 0 N–H and O–H groups in total. The minimum atomic E-state index is -0.0425. The number of aromatic nitrogens is 2. The molecular formula is C11H17ClN2. The van der Waals surface area contributed by atoms with E-state index in [1.165, 1.54) is 0 Å². The van der Waals surface area contributed by atoms with Crippen LogP contribution in [0.2, 0.25) is 5.15 Å².